The lowest BCUT2D eigenvalue weighted by atomic mass is 10.2. The van der Waals surface area contributed by atoms with E-state index in [0.717, 1.165) is 12.0 Å². The summed E-state index contributed by atoms with van der Waals surface area (Å²) in [7, 11) is 0. The Morgan fingerprint density at radius 1 is 1.35 bits per heavy atom. The van der Waals surface area contributed by atoms with Crippen LogP contribution < -0.4 is 5.69 Å². The van der Waals surface area contributed by atoms with Crippen LogP contribution in [0.2, 0.25) is 5.02 Å². The van der Waals surface area contributed by atoms with Crippen LogP contribution in [0.25, 0.3) is 11.5 Å². The molecular weight excluding hydrogens is 338 g/mol. The van der Waals surface area contributed by atoms with E-state index in [0.29, 0.717) is 34.2 Å². The first-order valence-corrected chi connectivity index (χ1v) is 8.40. The van der Waals surface area contributed by atoms with Crippen LogP contribution in [0, 0.1) is 0 Å². The van der Waals surface area contributed by atoms with Crippen molar-refractivity contribution in [3.05, 3.63) is 45.6 Å². The SMILES string of the molecule is CCCn1c(SCc2noc(-c3ccc(Cl)cc3)n2)n[nH]c1=O. The van der Waals surface area contributed by atoms with Gasteiger partial charge in [-0.3, -0.25) is 4.57 Å². The van der Waals surface area contributed by atoms with Crippen LogP contribution in [0.1, 0.15) is 19.2 Å². The molecule has 0 fully saturated rings. The first-order valence-electron chi connectivity index (χ1n) is 7.04. The van der Waals surface area contributed by atoms with E-state index in [2.05, 4.69) is 20.3 Å². The number of hydrogen-bond donors (Lipinski definition) is 1. The number of rotatable bonds is 6. The van der Waals surface area contributed by atoms with Gasteiger partial charge >= 0.3 is 5.69 Å². The normalized spacial score (nSPS) is 11.0. The Kier molecular flexibility index (Phi) is 4.82. The number of hydrogen-bond acceptors (Lipinski definition) is 6. The number of halogens is 1. The molecule has 23 heavy (non-hydrogen) atoms. The van der Waals surface area contributed by atoms with Gasteiger partial charge in [-0.05, 0) is 30.7 Å². The van der Waals surface area contributed by atoms with Crippen LogP contribution in [0.4, 0.5) is 0 Å². The van der Waals surface area contributed by atoms with Crippen molar-refractivity contribution in [1.29, 1.82) is 0 Å². The maximum Gasteiger partial charge on any atom is 0.343 e. The number of nitrogens with zero attached hydrogens (tertiary/aromatic N) is 4. The second-order valence-corrected chi connectivity index (χ2v) is 6.15. The maximum absolute atomic E-state index is 11.6. The summed E-state index contributed by atoms with van der Waals surface area (Å²) < 4.78 is 6.85. The molecule has 120 valence electrons. The van der Waals surface area contributed by atoms with Crippen molar-refractivity contribution in [2.75, 3.05) is 0 Å². The molecule has 2 heterocycles. The minimum atomic E-state index is -0.204. The number of nitrogens with one attached hydrogen (secondary N) is 1. The van der Waals surface area contributed by atoms with Gasteiger partial charge < -0.3 is 4.52 Å². The van der Waals surface area contributed by atoms with Crippen LogP contribution >= 0.6 is 23.4 Å². The van der Waals surface area contributed by atoms with Gasteiger partial charge in [0.2, 0.25) is 0 Å². The highest BCUT2D eigenvalue weighted by atomic mass is 35.5. The van der Waals surface area contributed by atoms with E-state index in [1.54, 1.807) is 16.7 Å². The summed E-state index contributed by atoms with van der Waals surface area (Å²) in [5.41, 5.74) is 0.602. The van der Waals surface area contributed by atoms with Gasteiger partial charge in [-0.25, -0.2) is 9.89 Å². The first-order chi connectivity index (χ1) is 11.2. The molecule has 0 spiro atoms. The number of aromatic nitrogens is 5. The fourth-order valence-electron chi connectivity index (χ4n) is 1.99. The summed E-state index contributed by atoms with van der Waals surface area (Å²) in [6.45, 7) is 2.63. The molecule has 2 aromatic heterocycles. The fourth-order valence-corrected chi connectivity index (χ4v) is 2.93. The molecule has 9 heteroatoms. The Morgan fingerprint density at radius 3 is 2.87 bits per heavy atom. The van der Waals surface area contributed by atoms with Crippen molar-refractivity contribution < 1.29 is 4.52 Å². The first kappa shape index (κ1) is 15.8. The molecule has 3 aromatic rings. The lowest BCUT2D eigenvalue weighted by Gasteiger charge is -2.01. The number of H-pyrrole nitrogens is 1. The highest BCUT2D eigenvalue weighted by molar-refractivity contribution is 7.98. The standard InChI is InChI=1S/C14H14ClN5O2S/c1-2-7-20-13(21)17-18-14(20)23-8-11-16-12(22-19-11)9-3-5-10(15)6-4-9/h3-6H,2,7-8H2,1H3,(H,17,21). The summed E-state index contributed by atoms with van der Waals surface area (Å²) in [6, 6.07) is 7.17. The molecule has 0 aliphatic rings. The molecule has 0 radical (unpaired) electrons. The average Bonchev–Trinajstić information content (AvgIpc) is 3.15. The minimum Gasteiger partial charge on any atom is -0.334 e. The second kappa shape index (κ2) is 7.01. The van der Waals surface area contributed by atoms with E-state index in [-0.39, 0.29) is 5.69 Å². The molecule has 7 nitrogen and oxygen atoms in total. The van der Waals surface area contributed by atoms with Gasteiger partial charge in [0.05, 0.1) is 5.75 Å². The van der Waals surface area contributed by atoms with Crippen molar-refractivity contribution in [2.24, 2.45) is 0 Å². The van der Waals surface area contributed by atoms with E-state index in [9.17, 15) is 4.79 Å². The molecule has 1 aromatic carbocycles. The lowest BCUT2D eigenvalue weighted by Crippen LogP contribution is -2.17. The summed E-state index contributed by atoms with van der Waals surface area (Å²) in [4.78, 5) is 16.0. The third-order valence-electron chi connectivity index (χ3n) is 3.06. The van der Waals surface area contributed by atoms with Gasteiger partial charge in [0.25, 0.3) is 5.89 Å². The molecule has 0 aliphatic heterocycles. The fraction of sp³-hybridized carbons (Fsp3) is 0.286. The van der Waals surface area contributed by atoms with Gasteiger partial charge in [-0.2, -0.15) is 4.98 Å². The zero-order valence-corrected chi connectivity index (χ0v) is 13.9. The quantitative estimate of drug-likeness (QED) is 0.687. The third-order valence-corrected chi connectivity index (χ3v) is 4.28. The Hall–Kier alpha value is -2.06. The molecule has 0 atom stereocenters. The summed E-state index contributed by atoms with van der Waals surface area (Å²) in [5, 5.41) is 11.7. The molecular formula is C14H14ClN5O2S. The van der Waals surface area contributed by atoms with Crippen LogP contribution in [0.5, 0.6) is 0 Å². The Bertz CT molecular complexity index is 839. The largest absolute Gasteiger partial charge is 0.343 e. The maximum atomic E-state index is 11.6. The molecule has 1 N–H and O–H groups in total. The van der Waals surface area contributed by atoms with Crippen molar-refractivity contribution in [3.8, 4) is 11.5 Å². The predicted octanol–water partition coefficient (Wildman–Crippen LogP) is 2.98. The smallest absolute Gasteiger partial charge is 0.334 e. The Morgan fingerprint density at radius 2 is 2.13 bits per heavy atom. The minimum absolute atomic E-state index is 0.204. The van der Waals surface area contributed by atoms with Crippen molar-refractivity contribution in [1.82, 2.24) is 24.9 Å². The Balaban J connectivity index is 1.70. The van der Waals surface area contributed by atoms with E-state index in [1.165, 1.54) is 11.8 Å². The monoisotopic (exact) mass is 351 g/mol. The summed E-state index contributed by atoms with van der Waals surface area (Å²) in [5.74, 6) is 1.44. The van der Waals surface area contributed by atoms with Gasteiger partial charge in [0.1, 0.15) is 0 Å². The molecule has 0 saturated carbocycles. The van der Waals surface area contributed by atoms with E-state index in [1.807, 2.05) is 19.1 Å². The molecule has 3 rings (SSSR count). The lowest BCUT2D eigenvalue weighted by molar-refractivity contribution is 0.425. The summed E-state index contributed by atoms with van der Waals surface area (Å²) in [6.07, 6.45) is 0.857. The van der Waals surface area contributed by atoms with Crippen LogP contribution in [0.15, 0.2) is 38.7 Å². The van der Waals surface area contributed by atoms with Crippen molar-refractivity contribution in [2.45, 2.75) is 30.8 Å². The van der Waals surface area contributed by atoms with E-state index >= 15 is 0 Å². The van der Waals surface area contributed by atoms with Gasteiger partial charge in [-0.15, -0.1) is 5.10 Å². The molecule has 0 saturated heterocycles. The summed E-state index contributed by atoms with van der Waals surface area (Å²) >= 11 is 7.24. The highest BCUT2D eigenvalue weighted by Crippen LogP contribution is 2.22. The van der Waals surface area contributed by atoms with Gasteiger partial charge in [-0.1, -0.05) is 35.4 Å². The van der Waals surface area contributed by atoms with Gasteiger partial charge in [0, 0.05) is 17.1 Å². The Labute approximate surface area is 141 Å². The predicted molar refractivity (Wildman–Crippen MR) is 87.4 cm³/mol. The topological polar surface area (TPSA) is 89.6 Å². The highest BCUT2D eigenvalue weighted by Gasteiger charge is 2.12. The van der Waals surface area contributed by atoms with Crippen molar-refractivity contribution in [3.63, 3.8) is 0 Å². The number of aromatic amines is 1. The van der Waals surface area contributed by atoms with Gasteiger partial charge in [0.15, 0.2) is 11.0 Å². The average molecular weight is 352 g/mol. The third kappa shape index (κ3) is 3.65. The molecule has 0 bridgehead atoms. The second-order valence-electron chi connectivity index (χ2n) is 4.77. The zero-order valence-electron chi connectivity index (χ0n) is 12.3. The van der Waals surface area contributed by atoms with E-state index < -0.39 is 0 Å². The van der Waals surface area contributed by atoms with E-state index in [4.69, 9.17) is 16.1 Å². The molecule has 0 aliphatic carbocycles. The molecule has 0 amide bonds. The zero-order chi connectivity index (χ0) is 16.2. The molecule has 0 unspecified atom stereocenters. The van der Waals surface area contributed by atoms with Crippen LogP contribution in [-0.4, -0.2) is 24.9 Å². The van der Waals surface area contributed by atoms with Crippen LogP contribution in [0.3, 0.4) is 0 Å². The number of thioether (sulfide) groups is 1. The number of benzene rings is 1. The van der Waals surface area contributed by atoms with Crippen molar-refractivity contribution >= 4 is 23.4 Å². The van der Waals surface area contributed by atoms with Crippen LogP contribution in [-0.2, 0) is 12.3 Å².